The predicted molar refractivity (Wildman–Crippen MR) is 114 cm³/mol. The zero-order valence-electron chi connectivity index (χ0n) is 16.0. The van der Waals surface area contributed by atoms with Gasteiger partial charge in [0.05, 0.1) is 17.7 Å². The molecule has 0 spiro atoms. The minimum atomic E-state index is -4.52. The molecule has 3 rings (SSSR count). The van der Waals surface area contributed by atoms with E-state index in [-0.39, 0.29) is 16.8 Å². The molecule has 2 aromatic rings. The van der Waals surface area contributed by atoms with Crippen molar-refractivity contribution in [3.8, 4) is 5.75 Å². The summed E-state index contributed by atoms with van der Waals surface area (Å²) in [6.45, 7) is 4.13. The number of hydrogen-bond acceptors (Lipinski definition) is 3. The number of nitrogens with zero attached hydrogens (tertiary/aromatic N) is 2. The first-order chi connectivity index (χ1) is 13.7. The monoisotopic (exact) mass is 443 g/mol. The van der Waals surface area contributed by atoms with E-state index < -0.39 is 11.7 Å². The molecule has 4 nitrogen and oxygen atoms in total. The standard InChI is InChI=1S/C20H21ClF3N3OS/c1-13-12-26(9-10-27(13)15-4-6-16(28-2)7-5-15)19(29)25-14-3-8-18(21)17(11-14)20(22,23)24/h3-8,11,13H,9-10,12H2,1-2H3,(H,25,29). The molecule has 1 atom stereocenters. The number of nitrogens with one attached hydrogen (secondary N) is 1. The van der Waals surface area contributed by atoms with Gasteiger partial charge in [-0.1, -0.05) is 11.6 Å². The summed E-state index contributed by atoms with van der Waals surface area (Å²) in [5, 5.41) is 2.96. The average molecular weight is 444 g/mol. The fraction of sp³-hybridized carbons (Fsp3) is 0.350. The number of methoxy groups -OCH3 is 1. The van der Waals surface area contributed by atoms with E-state index >= 15 is 0 Å². The van der Waals surface area contributed by atoms with E-state index in [0.29, 0.717) is 18.2 Å². The number of alkyl halides is 3. The van der Waals surface area contributed by atoms with Crippen molar-refractivity contribution < 1.29 is 17.9 Å². The van der Waals surface area contributed by atoms with Gasteiger partial charge in [-0.2, -0.15) is 13.2 Å². The first-order valence-electron chi connectivity index (χ1n) is 9.02. The van der Waals surface area contributed by atoms with E-state index in [9.17, 15) is 13.2 Å². The molecule has 0 aliphatic carbocycles. The van der Waals surface area contributed by atoms with Crippen LogP contribution in [0.5, 0.6) is 5.75 Å². The van der Waals surface area contributed by atoms with E-state index in [1.165, 1.54) is 12.1 Å². The van der Waals surface area contributed by atoms with Gasteiger partial charge < -0.3 is 19.9 Å². The molecule has 29 heavy (non-hydrogen) atoms. The van der Waals surface area contributed by atoms with Crippen molar-refractivity contribution in [3.63, 3.8) is 0 Å². The molecule has 0 radical (unpaired) electrons. The van der Waals surface area contributed by atoms with Crippen molar-refractivity contribution in [3.05, 3.63) is 53.1 Å². The van der Waals surface area contributed by atoms with Crippen LogP contribution in [0.15, 0.2) is 42.5 Å². The Bertz CT molecular complexity index is 876. The lowest BCUT2D eigenvalue weighted by Gasteiger charge is -2.42. The lowest BCUT2D eigenvalue weighted by Crippen LogP contribution is -2.54. The summed E-state index contributed by atoms with van der Waals surface area (Å²) in [6.07, 6.45) is -4.52. The van der Waals surface area contributed by atoms with Crippen LogP contribution in [0.1, 0.15) is 12.5 Å². The number of benzene rings is 2. The zero-order valence-corrected chi connectivity index (χ0v) is 17.5. The van der Waals surface area contributed by atoms with Crippen LogP contribution in [0.3, 0.4) is 0 Å². The fourth-order valence-electron chi connectivity index (χ4n) is 3.32. The van der Waals surface area contributed by atoms with E-state index in [0.717, 1.165) is 24.0 Å². The summed E-state index contributed by atoms with van der Waals surface area (Å²) in [6, 6.07) is 11.7. The normalized spacial score (nSPS) is 17.2. The number of halogens is 4. The zero-order chi connectivity index (χ0) is 21.2. The second-order valence-corrected chi connectivity index (χ2v) is 7.60. The van der Waals surface area contributed by atoms with Gasteiger partial charge in [0.15, 0.2) is 5.11 Å². The minimum absolute atomic E-state index is 0.174. The van der Waals surface area contributed by atoms with Crippen molar-refractivity contribution in [1.29, 1.82) is 0 Å². The first kappa shape index (κ1) is 21.5. The molecule has 2 aromatic carbocycles. The minimum Gasteiger partial charge on any atom is -0.497 e. The highest BCUT2D eigenvalue weighted by Gasteiger charge is 2.33. The molecule has 9 heteroatoms. The molecular weight excluding hydrogens is 423 g/mol. The van der Waals surface area contributed by atoms with Gasteiger partial charge >= 0.3 is 6.18 Å². The quantitative estimate of drug-likeness (QED) is 0.652. The van der Waals surface area contributed by atoms with Gasteiger partial charge in [-0.15, -0.1) is 0 Å². The summed E-state index contributed by atoms with van der Waals surface area (Å²) in [5.41, 5.74) is 0.464. The van der Waals surface area contributed by atoms with Crippen molar-refractivity contribution in [2.24, 2.45) is 0 Å². The highest BCUT2D eigenvalue weighted by molar-refractivity contribution is 7.80. The number of thiocarbonyl (C=S) groups is 1. The van der Waals surface area contributed by atoms with Crippen LogP contribution in [0.4, 0.5) is 24.5 Å². The maximum absolute atomic E-state index is 13.1. The Kier molecular flexibility index (Phi) is 6.43. The molecule has 0 aromatic heterocycles. The fourth-order valence-corrected chi connectivity index (χ4v) is 3.83. The van der Waals surface area contributed by atoms with Gasteiger partial charge in [0, 0.05) is 37.1 Å². The summed E-state index contributed by atoms with van der Waals surface area (Å²) >= 11 is 11.1. The molecule has 1 saturated heterocycles. The Hall–Kier alpha value is -2.19. The average Bonchev–Trinajstić information content (AvgIpc) is 2.68. The Morgan fingerprint density at radius 3 is 2.45 bits per heavy atom. The van der Waals surface area contributed by atoms with Crippen LogP contribution in [0, 0.1) is 0 Å². The molecule has 0 saturated carbocycles. The molecule has 1 fully saturated rings. The number of ether oxygens (including phenoxy) is 1. The molecule has 1 unspecified atom stereocenters. The maximum Gasteiger partial charge on any atom is 0.417 e. The highest BCUT2D eigenvalue weighted by atomic mass is 35.5. The van der Waals surface area contributed by atoms with Crippen LogP contribution in [-0.4, -0.2) is 42.8 Å². The van der Waals surface area contributed by atoms with Crippen LogP contribution < -0.4 is 15.0 Å². The summed E-state index contributed by atoms with van der Waals surface area (Å²) in [7, 11) is 1.63. The van der Waals surface area contributed by atoms with E-state index in [2.05, 4.69) is 17.1 Å². The van der Waals surface area contributed by atoms with Crippen molar-refractivity contribution >= 4 is 40.3 Å². The second kappa shape index (κ2) is 8.67. The van der Waals surface area contributed by atoms with E-state index in [1.54, 1.807) is 7.11 Å². The Balaban J connectivity index is 1.65. The predicted octanol–water partition coefficient (Wildman–Crippen LogP) is 5.27. The molecule has 1 N–H and O–H groups in total. The lowest BCUT2D eigenvalue weighted by molar-refractivity contribution is -0.137. The molecule has 0 amide bonds. The first-order valence-corrected chi connectivity index (χ1v) is 9.81. The SMILES string of the molecule is COc1ccc(N2CCN(C(=S)Nc3ccc(Cl)c(C(F)(F)F)c3)CC2C)cc1. The molecule has 0 bridgehead atoms. The van der Waals surface area contributed by atoms with Crippen molar-refractivity contribution in [2.75, 3.05) is 37.0 Å². The third-order valence-electron chi connectivity index (χ3n) is 4.84. The van der Waals surface area contributed by atoms with Gasteiger partial charge in [-0.25, -0.2) is 0 Å². The van der Waals surface area contributed by atoms with Gasteiger partial charge in [0.1, 0.15) is 5.75 Å². The number of hydrogen-bond donors (Lipinski definition) is 1. The van der Waals surface area contributed by atoms with Crippen LogP contribution >= 0.6 is 23.8 Å². The third kappa shape index (κ3) is 5.05. The molecule has 156 valence electrons. The molecular formula is C20H21ClF3N3OS. The van der Waals surface area contributed by atoms with E-state index in [1.807, 2.05) is 29.2 Å². The molecule has 1 aliphatic heterocycles. The lowest BCUT2D eigenvalue weighted by atomic mass is 10.1. The highest BCUT2D eigenvalue weighted by Crippen LogP contribution is 2.36. The number of rotatable bonds is 3. The van der Waals surface area contributed by atoms with Crippen LogP contribution in [-0.2, 0) is 6.18 Å². The van der Waals surface area contributed by atoms with Gasteiger partial charge in [0.2, 0.25) is 0 Å². The second-order valence-electron chi connectivity index (χ2n) is 6.81. The summed E-state index contributed by atoms with van der Waals surface area (Å²) in [5.74, 6) is 0.798. The maximum atomic E-state index is 13.1. The van der Waals surface area contributed by atoms with Crippen molar-refractivity contribution in [2.45, 2.75) is 19.1 Å². The molecule has 1 heterocycles. The Morgan fingerprint density at radius 1 is 1.17 bits per heavy atom. The Morgan fingerprint density at radius 2 is 1.86 bits per heavy atom. The Labute approximate surface area is 178 Å². The number of anilines is 2. The smallest absolute Gasteiger partial charge is 0.417 e. The summed E-state index contributed by atoms with van der Waals surface area (Å²) < 4.78 is 44.4. The van der Waals surface area contributed by atoms with Gasteiger partial charge in [0.25, 0.3) is 0 Å². The van der Waals surface area contributed by atoms with Crippen molar-refractivity contribution in [1.82, 2.24) is 4.90 Å². The summed E-state index contributed by atoms with van der Waals surface area (Å²) in [4.78, 5) is 4.23. The van der Waals surface area contributed by atoms with Gasteiger partial charge in [-0.3, -0.25) is 0 Å². The topological polar surface area (TPSA) is 27.7 Å². The third-order valence-corrected chi connectivity index (χ3v) is 5.53. The van der Waals surface area contributed by atoms with Gasteiger partial charge in [-0.05, 0) is 61.6 Å². The molecule has 1 aliphatic rings. The van der Waals surface area contributed by atoms with Crippen LogP contribution in [0.2, 0.25) is 5.02 Å². The largest absolute Gasteiger partial charge is 0.497 e. The van der Waals surface area contributed by atoms with Crippen LogP contribution in [0.25, 0.3) is 0 Å². The van der Waals surface area contributed by atoms with E-state index in [4.69, 9.17) is 28.6 Å². The number of piperazine rings is 1.